The minimum Gasteiger partial charge on any atom is -0.508 e. The molecule has 1 aromatic heterocycles. The van der Waals surface area contributed by atoms with Crippen LogP contribution in [0.25, 0.3) is 21.5 Å². The number of aryl methyl sites for hydroxylation is 2. The third-order valence-electron chi connectivity index (χ3n) is 22.9. The van der Waals surface area contributed by atoms with Crippen LogP contribution in [0.15, 0.2) is 125 Å². The molecule has 38 heteroatoms. The number of allylic oxidation sites excluding steroid dienone is 4. The number of phenolic OH excluding ortho intramolecular Hbond substituents is 2. The van der Waals surface area contributed by atoms with Crippen LogP contribution in [0.3, 0.4) is 0 Å². The number of carboxylic acid groups (broad SMARTS) is 1. The van der Waals surface area contributed by atoms with Crippen molar-refractivity contribution in [2.24, 2.45) is 53.1 Å². The number of rotatable bonds is 21. The molecule has 2 spiro atoms. The summed E-state index contributed by atoms with van der Waals surface area (Å²) in [5.41, 5.74) is -8.54. The van der Waals surface area contributed by atoms with Crippen molar-refractivity contribution in [3.63, 3.8) is 0 Å². The van der Waals surface area contributed by atoms with E-state index in [1.54, 1.807) is 36.8 Å². The maximum atomic E-state index is 12.5. The summed E-state index contributed by atoms with van der Waals surface area (Å²) in [4.78, 5) is 71.7. The highest BCUT2D eigenvalue weighted by atomic mass is 35.5. The lowest BCUT2D eigenvalue weighted by Gasteiger charge is -2.36. The van der Waals surface area contributed by atoms with Crippen LogP contribution in [0.4, 0.5) is 45.3 Å². The van der Waals surface area contributed by atoms with Crippen LogP contribution in [0.2, 0.25) is 5.02 Å². The zero-order valence-corrected chi connectivity index (χ0v) is 75.5. The highest BCUT2D eigenvalue weighted by molar-refractivity contribution is 8.11. The van der Waals surface area contributed by atoms with Crippen LogP contribution in [0, 0.1) is 47.3 Å². The first kappa shape index (κ1) is 106. The second-order valence-electron chi connectivity index (χ2n) is 32.6. The standard InChI is InChI=1S/C24H29NO4.C13H19F3O5S.C13H13NO2.C12H20O2.C10H18O.C9H14O3.C7H3ClF6N2O4S2/c1-3-4-17-14-21(24(28)29)22(11-15(17)2)25-23(27)10-6-16-5-7-19-13-20(26)9-8-18(19)12-16;1-4-5-9-7-10(12(17)20-3)11(6-8(9)2)21-22(18,19)13(14,15)16;14-13(16)6-2-9-1-3-11-8-12(15)5-4-10(11)7-9;1-3-4-11-5-6-12(9-10(11)2)13-7-8-14-12;1-3-4-9-5-6-10(11)7-8(9)2;1-7-6-9(3-2-8(7)10)11-4-5-12-9;8-4-1-2-5(15-3-4)16(21(17,18)6(9,10)11)22(19,20)7(12,13)14/h5,7-9,12-13,15,17,26H,3-4,6,10-11,14H2,1-2H3,(H,25,27)(H,28,29);8-9H,4-7H2,1-3H3;1,3-5,7-8,15H,2,6H2,(H2,14,16);4,10H,3,5-9H2,1-2H3;8-9H,3-7H2,1-2H3;7H,2-6H2,1H3;1-3H. The van der Waals surface area contributed by atoms with Crippen molar-refractivity contribution in [2.75, 3.05) is 37.2 Å². The molecule has 8 unspecified atom stereocenters. The van der Waals surface area contributed by atoms with Crippen LogP contribution >= 0.6 is 11.6 Å². The van der Waals surface area contributed by atoms with Crippen molar-refractivity contribution in [1.82, 2.24) is 10.3 Å². The van der Waals surface area contributed by atoms with Crippen LogP contribution in [0.5, 0.6) is 11.5 Å². The van der Waals surface area contributed by atoms with Gasteiger partial charge in [-0.1, -0.05) is 173 Å². The number of ether oxygens (including phenoxy) is 5. The summed E-state index contributed by atoms with van der Waals surface area (Å²) in [6.45, 7) is 21.8. The summed E-state index contributed by atoms with van der Waals surface area (Å²) < 4.78 is 208. The number of nitrogens with one attached hydrogen (secondary N) is 1. The van der Waals surface area contributed by atoms with Gasteiger partial charge in [-0.15, -0.1) is 3.71 Å². The fourth-order valence-corrected chi connectivity index (χ4v) is 19.4. The normalized spacial score (nSPS) is 22.2. The lowest BCUT2D eigenvalue weighted by Crippen LogP contribution is -2.49. The van der Waals surface area contributed by atoms with E-state index >= 15 is 0 Å². The molecule has 3 heterocycles. The van der Waals surface area contributed by atoms with Gasteiger partial charge in [-0.25, -0.2) is 14.6 Å². The predicted octanol–water partition coefficient (Wildman–Crippen LogP) is 18.9. The third kappa shape index (κ3) is 30.6. The Morgan fingerprint density at radius 1 is 0.595 bits per heavy atom. The number of fused-ring (bicyclic) bond motifs is 2. The van der Waals surface area contributed by atoms with Gasteiger partial charge in [0.25, 0.3) is 0 Å². The van der Waals surface area contributed by atoms with E-state index in [1.807, 2.05) is 62.4 Å². The number of aliphatic carboxylic acids is 1. The minimum absolute atomic E-state index is 0.0512. The SMILES string of the molecule is CC1CC2(CCC1=O)OCCO2.CCC=C1CCC2(CC1C)OCCO2.CCCC1CC(C(=O)O)=C(NC(=O)CCc2ccc3cc(O)ccc3c2)CC1C.CCCC1CC(C(=O)OC)=C(OS(=O)(=O)C(F)(F)F)CC1C.CCCC1CCC(=O)CC1C.NC(=O)CCc1ccc2cc(O)ccc2c1.O=S(=O)(N(c1ccc(Cl)cn1)S(=O)(=O)C(F)(F)F)C(F)(F)F. The van der Waals surface area contributed by atoms with E-state index in [1.165, 1.54) is 12.8 Å². The molecule has 126 heavy (non-hydrogen) atoms. The van der Waals surface area contributed by atoms with E-state index in [9.17, 15) is 109 Å². The number of amides is 2. The Labute approximate surface area is 735 Å². The molecular formula is C88H116ClF9N4O21S3. The number of aromatic hydroxyl groups is 2. The molecule has 12 rings (SSSR count). The summed E-state index contributed by atoms with van der Waals surface area (Å²) in [5, 5.41) is 35.1. The molecule has 2 amide bonds. The summed E-state index contributed by atoms with van der Waals surface area (Å²) in [6.07, 6.45) is 21.5. The Morgan fingerprint density at radius 2 is 1.06 bits per heavy atom. The Hall–Kier alpha value is -8.46. The number of aromatic nitrogens is 1. The van der Waals surface area contributed by atoms with Gasteiger partial charge in [-0.2, -0.15) is 64.8 Å². The van der Waals surface area contributed by atoms with Crippen molar-refractivity contribution in [3.05, 3.63) is 142 Å². The number of primary amides is 1. The third-order valence-corrected chi connectivity index (χ3v) is 27.7. The molecule has 2 aliphatic heterocycles. The highest BCUT2D eigenvalue weighted by Crippen LogP contribution is 2.45. The topological polar surface area (TPSA) is 375 Å². The van der Waals surface area contributed by atoms with Gasteiger partial charge in [0, 0.05) is 82.0 Å². The van der Waals surface area contributed by atoms with Gasteiger partial charge in [-0.3, -0.25) is 19.2 Å². The van der Waals surface area contributed by atoms with Gasteiger partial charge in [0.2, 0.25) is 11.8 Å². The number of methoxy groups -OCH3 is 1. The molecule has 2 saturated heterocycles. The van der Waals surface area contributed by atoms with Gasteiger partial charge in [-0.05, 0) is 162 Å². The summed E-state index contributed by atoms with van der Waals surface area (Å²) in [5.74, 6) is -0.700. The summed E-state index contributed by atoms with van der Waals surface area (Å²) >= 11 is 5.30. The number of alkyl halides is 9. The molecule has 4 aromatic carbocycles. The van der Waals surface area contributed by atoms with Crippen LogP contribution in [0.1, 0.15) is 215 Å². The molecule has 5 aromatic rings. The number of benzene rings is 4. The van der Waals surface area contributed by atoms with E-state index in [0.29, 0.717) is 117 Å². The van der Waals surface area contributed by atoms with Gasteiger partial charge < -0.3 is 54.2 Å². The predicted molar refractivity (Wildman–Crippen MR) is 455 cm³/mol. The van der Waals surface area contributed by atoms with E-state index in [0.717, 1.165) is 142 Å². The number of hydrogen-bond acceptors (Lipinski definition) is 21. The highest BCUT2D eigenvalue weighted by Gasteiger charge is 2.62. The lowest BCUT2D eigenvalue weighted by atomic mass is 9.76. The Kier molecular flexibility index (Phi) is 39.8. The number of esters is 1. The molecular weight excluding hydrogens is 1750 g/mol. The summed E-state index contributed by atoms with van der Waals surface area (Å²) in [6, 6.07) is 23.2. The number of carbonyl (C=O) groups excluding carboxylic acids is 5. The first-order valence-corrected chi connectivity index (χ1v) is 46.7. The maximum absolute atomic E-state index is 12.5. The molecule has 0 bridgehead atoms. The number of sulfonamides is 2. The number of carbonyl (C=O) groups is 6. The molecule has 0 radical (unpaired) electrons. The zero-order chi connectivity index (χ0) is 94.1. The molecule has 5 aliphatic carbocycles. The molecule has 25 nitrogen and oxygen atoms in total. The molecule has 6 N–H and O–H groups in total. The first-order valence-electron chi connectivity index (χ1n) is 42.0. The van der Waals surface area contributed by atoms with Crippen LogP contribution in [-0.2, 0) is 99.6 Å². The number of hydrogen-bond donors (Lipinski definition) is 5. The van der Waals surface area contributed by atoms with E-state index in [2.05, 4.69) is 66.8 Å². The van der Waals surface area contributed by atoms with Crippen molar-refractivity contribution in [2.45, 2.75) is 245 Å². The van der Waals surface area contributed by atoms with Crippen molar-refractivity contribution < 1.29 is 137 Å². The average Bonchev–Trinajstić information content (AvgIpc) is 0.886. The summed E-state index contributed by atoms with van der Waals surface area (Å²) in [7, 11) is -18.6. The molecule has 5 fully saturated rings. The van der Waals surface area contributed by atoms with E-state index < -0.39 is 79.7 Å². The number of nitrogens with zero attached hydrogens (tertiary/aromatic N) is 2. The lowest BCUT2D eigenvalue weighted by molar-refractivity contribution is -0.187. The van der Waals surface area contributed by atoms with Crippen LogP contribution < -0.4 is 14.8 Å². The van der Waals surface area contributed by atoms with Crippen molar-refractivity contribution >= 4 is 104 Å². The number of Topliss-reactive ketones (excluding diaryl/α,β-unsaturated/α-hetero) is 2. The quantitative estimate of drug-likeness (QED) is 0.0150. The second-order valence-corrected chi connectivity index (χ2v) is 38.3. The zero-order valence-electron chi connectivity index (χ0n) is 72.3. The maximum Gasteiger partial charge on any atom is 0.534 e. The number of ketones is 2. The number of anilines is 1. The Bertz CT molecular complexity index is 4950. The van der Waals surface area contributed by atoms with Gasteiger partial charge in [0.05, 0.1) is 49.7 Å². The van der Waals surface area contributed by atoms with Crippen molar-refractivity contribution in [3.8, 4) is 11.5 Å². The van der Waals surface area contributed by atoms with Gasteiger partial charge >= 0.3 is 58.6 Å². The van der Waals surface area contributed by atoms with Gasteiger partial charge in [0.1, 0.15) is 28.8 Å². The minimum atomic E-state index is -6.93. The molecule has 3 saturated carbocycles. The fourth-order valence-electron chi connectivity index (χ4n) is 16.1. The number of nitrogens with two attached hydrogens (primary N) is 1. The number of halogens is 10. The van der Waals surface area contributed by atoms with E-state index in [-0.39, 0.29) is 76.4 Å². The number of carboxylic acids is 1. The molecule has 8 atom stereocenters. The van der Waals surface area contributed by atoms with Crippen LogP contribution in [-0.4, -0.2) is 143 Å². The Balaban J connectivity index is 0.000000232. The monoisotopic (exact) mass is 1870 g/mol. The number of pyridine rings is 1. The Morgan fingerprint density at radius 3 is 1.49 bits per heavy atom. The van der Waals surface area contributed by atoms with E-state index in [4.69, 9.17) is 36.3 Å². The number of phenols is 2. The van der Waals surface area contributed by atoms with Crippen molar-refractivity contribution in [1.29, 1.82) is 0 Å². The average molecular weight is 1870 g/mol. The fraction of sp³-hybridized carbons (Fsp3) is 0.580. The smallest absolute Gasteiger partial charge is 0.508 e. The largest absolute Gasteiger partial charge is 0.534 e. The molecule has 7 aliphatic rings. The first-order chi connectivity index (χ1) is 58.9. The second kappa shape index (κ2) is 47.2. The van der Waals surface area contributed by atoms with Gasteiger partial charge in [0.15, 0.2) is 17.4 Å². The molecule has 702 valence electrons.